The molecule has 2 aromatic carbocycles. The average molecular weight is 641 g/mol. The number of benzene rings is 2. The number of thiophene rings is 1. The van der Waals surface area contributed by atoms with Gasteiger partial charge in [-0.1, -0.05) is 41.7 Å². The van der Waals surface area contributed by atoms with Crippen molar-refractivity contribution in [1.82, 2.24) is 14.3 Å². The Morgan fingerprint density at radius 2 is 1.87 bits per heavy atom. The zero-order chi connectivity index (χ0) is 31.7. The quantitative estimate of drug-likeness (QED) is 0.179. The Balaban J connectivity index is 1.55. The molecule has 1 atom stereocenters. The van der Waals surface area contributed by atoms with Crippen LogP contribution in [0.15, 0.2) is 93.3 Å². The third kappa shape index (κ3) is 5.77. The van der Waals surface area contributed by atoms with Gasteiger partial charge in [-0.25, -0.2) is 14.5 Å². The summed E-state index contributed by atoms with van der Waals surface area (Å²) in [6, 6.07) is 17.7. The van der Waals surface area contributed by atoms with Crippen molar-refractivity contribution in [2.45, 2.75) is 26.8 Å². The minimum Gasteiger partial charge on any atom is -0.493 e. The predicted octanol–water partition coefficient (Wildman–Crippen LogP) is 4.65. The molecule has 0 radical (unpaired) electrons. The average Bonchev–Trinajstić information content (AvgIpc) is 3.77. The highest BCUT2D eigenvalue weighted by Crippen LogP contribution is 2.36. The highest BCUT2D eigenvalue weighted by atomic mass is 32.1. The second-order valence-electron chi connectivity index (χ2n) is 10.00. The molecule has 228 valence electrons. The first-order chi connectivity index (χ1) is 21.8. The maximum absolute atomic E-state index is 14.3. The van der Waals surface area contributed by atoms with Crippen molar-refractivity contribution in [3.05, 3.63) is 114 Å². The number of nitrogens with zero attached hydrogens (tertiary/aromatic N) is 4. The fourth-order valence-corrected chi connectivity index (χ4v) is 6.92. The molecule has 5 aromatic rings. The standard InChI is InChI=1S/C33H28N4O6S2/c1-5-42-32(40)28-19(2)34-33-37(30(28)21-13-14-24(43-20(3)38)25(16-21)41-4)31(39)27(45-33)17-22-18-36(23-10-7-6-8-11-23)35-29(22)26-12-9-15-44-26/h6-18,30H,5H2,1-4H3/b27-17+/t30-/m0/s1. The topological polar surface area (TPSA) is 114 Å². The molecule has 4 heterocycles. The normalized spacial score (nSPS) is 14.6. The summed E-state index contributed by atoms with van der Waals surface area (Å²) >= 11 is 2.79. The van der Waals surface area contributed by atoms with Crippen LogP contribution < -0.4 is 24.4 Å². The molecule has 0 saturated heterocycles. The SMILES string of the molecule is CCOC(=O)C1=C(C)N=c2s/c(=C/c3cn(-c4ccccc4)nc3-c3cccs3)c(=O)n2[C@H]1c1ccc(OC(C)=O)c(OC)c1. The van der Waals surface area contributed by atoms with Gasteiger partial charge in [-0.3, -0.25) is 14.2 Å². The summed E-state index contributed by atoms with van der Waals surface area (Å²) in [5, 5.41) is 6.84. The number of fused-ring (bicyclic) bond motifs is 1. The summed E-state index contributed by atoms with van der Waals surface area (Å²) in [6.07, 6.45) is 3.71. The first kappa shape index (κ1) is 30.0. The predicted molar refractivity (Wildman–Crippen MR) is 172 cm³/mol. The number of hydrogen-bond donors (Lipinski definition) is 0. The van der Waals surface area contributed by atoms with Crippen molar-refractivity contribution < 1.29 is 23.8 Å². The molecule has 6 rings (SSSR count). The molecule has 45 heavy (non-hydrogen) atoms. The molecule has 0 unspecified atom stereocenters. The molecule has 3 aromatic heterocycles. The maximum atomic E-state index is 14.3. The van der Waals surface area contributed by atoms with Crippen molar-refractivity contribution >= 4 is 40.7 Å². The number of methoxy groups -OCH3 is 1. The number of allylic oxidation sites excluding steroid dienone is 1. The van der Waals surface area contributed by atoms with Crippen molar-refractivity contribution in [3.63, 3.8) is 0 Å². The summed E-state index contributed by atoms with van der Waals surface area (Å²) < 4.78 is 19.9. The minimum atomic E-state index is -0.869. The summed E-state index contributed by atoms with van der Waals surface area (Å²) in [6.45, 7) is 4.89. The van der Waals surface area contributed by atoms with E-state index >= 15 is 0 Å². The Kier molecular flexibility index (Phi) is 8.33. The van der Waals surface area contributed by atoms with Gasteiger partial charge in [-0.05, 0) is 61.2 Å². The van der Waals surface area contributed by atoms with Crippen LogP contribution in [-0.4, -0.2) is 40.0 Å². The summed E-state index contributed by atoms with van der Waals surface area (Å²) in [5.74, 6) is -0.590. The Labute approximate surface area is 265 Å². The van der Waals surface area contributed by atoms with E-state index < -0.39 is 18.0 Å². The minimum absolute atomic E-state index is 0.151. The molecule has 0 spiro atoms. The lowest BCUT2D eigenvalue weighted by Crippen LogP contribution is -2.40. The second kappa shape index (κ2) is 12.5. The van der Waals surface area contributed by atoms with Crippen molar-refractivity contribution in [2.24, 2.45) is 4.99 Å². The lowest BCUT2D eigenvalue weighted by molar-refractivity contribution is -0.139. The fraction of sp³-hybridized carbons (Fsp3) is 0.182. The van der Waals surface area contributed by atoms with Crippen LogP contribution in [-0.2, 0) is 14.3 Å². The number of thiazole rings is 1. The molecule has 0 aliphatic carbocycles. The van der Waals surface area contributed by atoms with Crippen LogP contribution in [0, 0.1) is 0 Å². The van der Waals surface area contributed by atoms with Crippen LogP contribution in [0.1, 0.15) is 37.9 Å². The molecule has 0 saturated carbocycles. The van der Waals surface area contributed by atoms with E-state index in [-0.39, 0.29) is 29.2 Å². The van der Waals surface area contributed by atoms with Gasteiger partial charge < -0.3 is 14.2 Å². The van der Waals surface area contributed by atoms with Crippen LogP contribution >= 0.6 is 22.7 Å². The maximum Gasteiger partial charge on any atom is 0.338 e. The van der Waals surface area contributed by atoms with Gasteiger partial charge in [0.25, 0.3) is 5.56 Å². The van der Waals surface area contributed by atoms with Gasteiger partial charge in [0.2, 0.25) is 0 Å². The highest BCUT2D eigenvalue weighted by molar-refractivity contribution is 7.13. The molecule has 0 bridgehead atoms. The second-order valence-corrected chi connectivity index (χ2v) is 12.0. The highest BCUT2D eigenvalue weighted by Gasteiger charge is 2.34. The van der Waals surface area contributed by atoms with E-state index in [9.17, 15) is 14.4 Å². The fourth-order valence-electron chi connectivity index (χ4n) is 5.15. The van der Waals surface area contributed by atoms with E-state index in [0.717, 1.165) is 21.8 Å². The molecule has 1 aliphatic rings. The zero-order valence-corrected chi connectivity index (χ0v) is 26.5. The van der Waals surface area contributed by atoms with E-state index in [2.05, 4.69) is 4.99 Å². The molecule has 12 heteroatoms. The molecule has 10 nitrogen and oxygen atoms in total. The van der Waals surface area contributed by atoms with Crippen LogP contribution in [0.5, 0.6) is 11.5 Å². The molecular weight excluding hydrogens is 613 g/mol. The number of aromatic nitrogens is 3. The van der Waals surface area contributed by atoms with Gasteiger partial charge in [0.05, 0.1) is 46.1 Å². The number of para-hydroxylation sites is 1. The number of carbonyl (C=O) groups is 2. The van der Waals surface area contributed by atoms with Gasteiger partial charge in [-0.15, -0.1) is 11.3 Å². The van der Waals surface area contributed by atoms with E-state index in [0.29, 0.717) is 20.6 Å². The lowest BCUT2D eigenvalue weighted by atomic mass is 9.95. The van der Waals surface area contributed by atoms with Crippen molar-refractivity contribution in [1.29, 1.82) is 0 Å². The third-order valence-electron chi connectivity index (χ3n) is 7.08. The molecular formula is C33H28N4O6S2. The molecule has 1 aliphatic heterocycles. The number of ether oxygens (including phenoxy) is 3. The Hall–Kier alpha value is -5.07. The van der Waals surface area contributed by atoms with Crippen LogP contribution in [0.2, 0.25) is 0 Å². The molecule has 0 fully saturated rings. The summed E-state index contributed by atoms with van der Waals surface area (Å²) in [7, 11) is 1.45. The third-order valence-corrected chi connectivity index (χ3v) is 8.94. The molecule has 0 amide bonds. The number of esters is 2. The lowest BCUT2D eigenvalue weighted by Gasteiger charge is -2.25. The Bertz CT molecular complexity index is 2120. The Morgan fingerprint density at radius 3 is 2.56 bits per heavy atom. The monoisotopic (exact) mass is 640 g/mol. The van der Waals surface area contributed by atoms with Gasteiger partial charge in [0, 0.05) is 18.7 Å². The van der Waals surface area contributed by atoms with Crippen LogP contribution in [0.25, 0.3) is 22.3 Å². The first-order valence-electron chi connectivity index (χ1n) is 14.0. The van der Waals surface area contributed by atoms with Crippen LogP contribution in [0.3, 0.4) is 0 Å². The van der Waals surface area contributed by atoms with E-state index in [1.165, 1.54) is 29.9 Å². The van der Waals surface area contributed by atoms with Gasteiger partial charge >= 0.3 is 11.9 Å². The van der Waals surface area contributed by atoms with Gasteiger partial charge in [0.15, 0.2) is 16.3 Å². The van der Waals surface area contributed by atoms with Crippen molar-refractivity contribution in [3.8, 4) is 27.8 Å². The van der Waals surface area contributed by atoms with Gasteiger partial charge in [-0.2, -0.15) is 5.10 Å². The molecule has 0 N–H and O–H groups in total. The number of hydrogen-bond acceptors (Lipinski definition) is 10. The number of carbonyl (C=O) groups excluding carboxylic acids is 2. The zero-order valence-electron chi connectivity index (χ0n) is 24.8. The first-order valence-corrected chi connectivity index (χ1v) is 15.7. The van der Waals surface area contributed by atoms with Crippen molar-refractivity contribution in [2.75, 3.05) is 13.7 Å². The van der Waals surface area contributed by atoms with E-state index in [1.807, 2.05) is 60.1 Å². The van der Waals surface area contributed by atoms with E-state index in [4.69, 9.17) is 19.3 Å². The summed E-state index contributed by atoms with van der Waals surface area (Å²) in [4.78, 5) is 45.3. The number of rotatable bonds is 8. The summed E-state index contributed by atoms with van der Waals surface area (Å²) in [5.41, 5.74) is 3.29. The smallest absolute Gasteiger partial charge is 0.338 e. The van der Waals surface area contributed by atoms with Gasteiger partial charge in [0.1, 0.15) is 5.69 Å². The Morgan fingerprint density at radius 1 is 1.07 bits per heavy atom. The van der Waals surface area contributed by atoms with E-state index in [1.54, 1.807) is 48.1 Å². The largest absolute Gasteiger partial charge is 0.493 e. The van der Waals surface area contributed by atoms with Crippen LogP contribution in [0.4, 0.5) is 0 Å².